The van der Waals surface area contributed by atoms with Crippen LogP contribution in [0.1, 0.15) is 16.6 Å². The summed E-state index contributed by atoms with van der Waals surface area (Å²) in [6.45, 7) is 4.38. The van der Waals surface area contributed by atoms with Crippen molar-refractivity contribution in [2.75, 3.05) is 19.6 Å². The van der Waals surface area contributed by atoms with Crippen molar-refractivity contribution in [2.45, 2.75) is 13.0 Å². The molecule has 3 rings (SSSR count). The lowest BCUT2D eigenvalue weighted by Crippen LogP contribution is -2.51. The normalized spacial score (nSPS) is 19.1. The predicted molar refractivity (Wildman–Crippen MR) is 76.5 cm³/mol. The minimum atomic E-state index is 0.0398. The Bertz CT molecular complexity index is 600. The van der Waals surface area contributed by atoms with Crippen LogP contribution in [0.15, 0.2) is 24.7 Å². The molecular weight excluding hydrogens is 274 g/mol. The van der Waals surface area contributed by atoms with Gasteiger partial charge in [0.05, 0.1) is 6.20 Å². The zero-order valence-corrected chi connectivity index (χ0v) is 11.9. The van der Waals surface area contributed by atoms with E-state index in [1.54, 1.807) is 24.7 Å². The maximum atomic E-state index is 12.4. The Hall–Kier alpha value is -1.86. The van der Waals surface area contributed by atoms with Gasteiger partial charge in [-0.2, -0.15) is 0 Å². The van der Waals surface area contributed by atoms with E-state index in [9.17, 15) is 4.79 Å². The molecule has 0 aliphatic carbocycles. The van der Waals surface area contributed by atoms with E-state index in [1.807, 2.05) is 4.90 Å². The number of carbonyl (C=O) groups is 1. The topological polar surface area (TPSA) is 71.0 Å². The molecule has 3 heterocycles. The summed E-state index contributed by atoms with van der Waals surface area (Å²) >= 11 is 1.34. The summed E-state index contributed by atoms with van der Waals surface area (Å²) in [6.07, 6.45) is 4.96. The number of hydrogen-bond acceptors (Lipinski definition) is 6. The van der Waals surface area contributed by atoms with Gasteiger partial charge in [0.25, 0.3) is 5.91 Å². The number of hydrogen-bond donors (Lipinski definition) is 1. The highest BCUT2D eigenvalue weighted by molar-refractivity contribution is 7.16. The van der Waals surface area contributed by atoms with Crippen LogP contribution in [0.3, 0.4) is 0 Å². The second kappa shape index (κ2) is 5.64. The van der Waals surface area contributed by atoms with E-state index in [2.05, 4.69) is 27.2 Å². The maximum absolute atomic E-state index is 12.4. The van der Waals surface area contributed by atoms with E-state index in [0.717, 1.165) is 19.6 Å². The molecule has 2 aromatic rings. The van der Waals surface area contributed by atoms with Crippen molar-refractivity contribution in [3.05, 3.63) is 29.5 Å². The Kier molecular flexibility index (Phi) is 3.70. The van der Waals surface area contributed by atoms with Crippen LogP contribution in [0, 0.1) is 0 Å². The summed E-state index contributed by atoms with van der Waals surface area (Å²) in [6, 6.07) is 2.09. The van der Waals surface area contributed by atoms with Gasteiger partial charge in [-0.15, -0.1) is 11.3 Å². The first-order valence-corrected chi connectivity index (χ1v) is 7.31. The molecule has 1 aliphatic heterocycles. The SMILES string of the molecule is CC1CN(C(=O)c2cnc(-c3ncccn3)s2)CCN1. The summed E-state index contributed by atoms with van der Waals surface area (Å²) in [7, 11) is 0. The fourth-order valence-corrected chi connectivity index (χ4v) is 2.99. The summed E-state index contributed by atoms with van der Waals surface area (Å²) < 4.78 is 0. The monoisotopic (exact) mass is 289 g/mol. The van der Waals surface area contributed by atoms with Crippen LogP contribution in [0.5, 0.6) is 0 Å². The lowest BCUT2D eigenvalue weighted by Gasteiger charge is -2.31. The summed E-state index contributed by atoms with van der Waals surface area (Å²) in [5.74, 6) is 0.600. The fourth-order valence-electron chi connectivity index (χ4n) is 2.16. The molecule has 1 atom stereocenters. The Morgan fingerprint density at radius 2 is 2.20 bits per heavy atom. The van der Waals surface area contributed by atoms with Gasteiger partial charge in [-0.3, -0.25) is 4.79 Å². The summed E-state index contributed by atoms with van der Waals surface area (Å²) in [5, 5.41) is 4.00. The molecule has 104 valence electrons. The number of carbonyl (C=O) groups excluding carboxylic acids is 1. The number of nitrogens with one attached hydrogen (secondary N) is 1. The van der Waals surface area contributed by atoms with Crippen LogP contribution in [-0.2, 0) is 0 Å². The highest BCUT2D eigenvalue weighted by atomic mass is 32.1. The van der Waals surface area contributed by atoms with Crippen LogP contribution in [0.25, 0.3) is 10.8 Å². The number of thiazole rings is 1. The molecule has 1 N–H and O–H groups in total. The number of aromatic nitrogens is 3. The molecule has 20 heavy (non-hydrogen) atoms. The van der Waals surface area contributed by atoms with Crippen molar-refractivity contribution in [1.82, 2.24) is 25.2 Å². The van der Waals surface area contributed by atoms with E-state index in [1.165, 1.54) is 11.3 Å². The molecule has 6 nitrogen and oxygen atoms in total. The van der Waals surface area contributed by atoms with E-state index in [0.29, 0.717) is 21.8 Å². The quantitative estimate of drug-likeness (QED) is 0.894. The lowest BCUT2D eigenvalue weighted by atomic mass is 10.2. The van der Waals surface area contributed by atoms with Gasteiger partial charge in [-0.05, 0) is 13.0 Å². The fraction of sp³-hybridized carbons (Fsp3) is 0.385. The molecule has 0 aromatic carbocycles. The minimum Gasteiger partial charge on any atom is -0.335 e. The molecule has 1 saturated heterocycles. The Balaban J connectivity index is 1.78. The average molecular weight is 289 g/mol. The van der Waals surface area contributed by atoms with Gasteiger partial charge in [-0.25, -0.2) is 15.0 Å². The molecular formula is C13H15N5OS. The third kappa shape index (κ3) is 2.68. The molecule has 0 radical (unpaired) electrons. The van der Waals surface area contributed by atoms with Gasteiger partial charge >= 0.3 is 0 Å². The lowest BCUT2D eigenvalue weighted by molar-refractivity contribution is 0.0714. The molecule has 7 heteroatoms. The van der Waals surface area contributed by atoms with E-state index in [-0.39, 0.29) is 5.91 Å². The van der Waals surface area contributed by atoms with Crippen molar-refractivity contribution in [1.29, 1.82) is 0 Å². The molecule has 1 fully saturated rings. The third-order valence-electron chi connectivity index (χ3n) is 3.13. The van der Waals surface area contributed by atoms with E-state index in [4.69, 9.17) is 0 Å². The van der Waals surface area contributed by atoms with E-state index < -0.39 is 0 Å². The smallest absolute Gasteiger partial charge is 0.265 e. The molecule has 2 aromatic heterocycles. The average Bonchev–Trinajstić information content (AvgIpc) is 2.97. The van der Waals surface area contributed by atoms with Gasteiger partial charge in [0, 0.05) is 38.1 Å². The van der Waals surface area contributed by atoms with Crippen LogP contribution in [-0.4, -0.2) is 51.4 Å². The van der Waals surface area contributed by atoms with Crippen LogP contribution in [0.4, 0.5) is 0 Å². The first kappa shape index (κ1) is 13.1. The molecule has 0 bridgehead atoms. The zero-order valence-electron chi connectivity index (χ0n) is 11.1. The number of piperazine rings is 1. The standard InChI is InChI=1S/C13H15N5OS/c1-9-8-18(6-5-14-9)13(19)10-7-17-12(20-10)11-15-3-2-4-16-11/h2-4,7,9,14H,5-6,8H2,1H3. The van der Waals surface area contributed by atoms with Gasteiger partial charge in [0.1, 0.15) is 4.88 Å². The van der Waals surface area contributed by atoms with Crippen molar-refractivity contribution in [3.63, 3.8) is 0 Å². The van der Waals surface area contributed by atoms with Crippen LogP contribution in [0.2, 0.25) is 0 Å². The first-order chi connectivity index (χ1) is 9.74. The Morgan fingerprint density at radius 3 is 2.95 bits per heavy atom. The summed E-state index contributed by atoms with van der Waals surface area (Å²) in [5.41, 5.74) is 0. The molecule has 1 unspecified atom stereocenters. The summed E-state index contributed by atoms with van der Waals surface area (Å²) in [4.78, 5) is 27.5. The molecule has 0 spiro atoms. The van der Waals surface area contributed by atoms with Crippen molar-refractivity contribution < 1.29 is 4.79 Å². The van der Waals surface area contributed by atoms with Gasteiger partial charge in [0.2, 0.25) is 0 Å². The van der Waals surface area contributed by atoms with Crippen LogP contribution < -0.4 is 5.32 Å². The highest BCUT2D eigenvalue weighted by Gasteiger charge is 2.23. The van der Waals surface area contributed by atoms with Crippen LogP contribution >= 0.6 is 11.3 Å². The third-order valence-corrected chi connectivity index (χ3v) is 4.11. The number of amides is 1. The Labute approximate surface area is 120 Å². The second-order valence-electron chi connectivity index (χ2n) is 4.71. The second-order valence-corrected chi connectivity index (χ2v) is 5.74. The largest absolute Gasteiger partial charge is 0.335 e. The van der Waals surface area contributed by atoms with Crippen molar-refractivity contribution >= 4 is 17.2 Å². The number of nitrogens with zero attached hydrogens (tertiary/aromatic N) is 4. The molecule has 0 saturated carbocycles. The zero-order chi connectivity index (χ0) is 13.9. The predicted octanol–water partition coefficient (Wildman–Crippen LogP) is 1.03. The van der Waals surface area contributed by atoms with Crippen molar-refractivity contribution in [3.8, 4) is 10.8 Å². The number of rotatable bonds is 2. The minimum absolute atomic E-state index is 0.0398. The Morgan fingerprint density at radius 1 is 1.40 bits per heavy atom. The molecule has 1 amide bonds. The van der Waals surface area contributed by atoms with Gasteiger partial charge in [0.15, 0.2) is 10.8 Å². The maximum Gasteiger partial charge on any atom is 0.265 e. The van der Waals surface area contributed by atoms with Gasteiger partial charge < -0.3 is 10.2 Å². The highest BCUT2D eigenvalue weighted by Crippen LogP contribution is 2.23. The first-order valence-electron chi connectivity index (χ1n) is 6.50. The van der Waals surface area contributed by atoms with E-state index >= 15 is 0 Å². The van der Waals surface area contributed by atoms with Crippen molar-refractivity contribution in [2.24, 2.45) is 0 Å². The van der Waals surface area contributed by atoms with Gasteiger partial charge in [-0.1, -0.05) is 0 Å². The molecule has 1 aliphatic rings.